The molecular formula is C25H23N7O4. The van der Waals surface area contributed by atoms with E-state index >= 15 is 0 Å². The molecule has 0 aliphatic carbocycles. The zero-order chi connectivity index (χ0) is 25.6. The predicted octanol–water partition coefficient (Wildman–Crippen LogP) is 0.842. The molecule has 3 aromatic rings. The normalized spacial score (nSPS) is 10.7. The van der Waals surface area contributed by atoms with Crippen molar-refractivity contribution < 1.29 is 19.2 Å². The quantitative estimate of drug-likeness (QED) is 0.248. The molecule has 0 aliphatic heterocycles. The summed E-state index contributed by atoms with van der Waals surface area (Å²) >= 11 is 0. The minimum Gasteiger partial charge on any atom is -0.342 e. The minimum atomic E-state index is -0.653. The number of amides is 4. The van der Waals surface area contributed by atoms with Crippen LogP contribution in [0.2, 0.25) is 0 Å². The third-order valence-electron chi connectivity index (χ3n) is 4.44. The number of benzene rings is 2. The molecule has 0 aliphatic rings. The summed E-state index contributed by atoms with van der Waals surface area (Å²) in [4.78, 5) is 52.4. The van der Waals surface area contributed by atoms with Gasteiger partial charge in [-0.15, -0.1) is 0 Å². The van der Waals surface area contributed by atoms with Crippen LogP contribution in [-0.2, 0) is 9.59 Å². The first kappa shape index (κ1) is 25.4. The Hall–Kier alpha value is -5.19. The molecule has 0 radical (unpaired) electrons. The van der Waals surface area contributed by atoms with Crippen LogP contribution in [0.1, 0.15) is 32.1 Å². The highest BCUT2D eigenvalue weighted by atomic mass is 16.2. The summed E-state index contributed by atoms with van der Waals surface area (Å²) in [6.45, 7) is -0.681. The number of carbonyl (C=O) groups excluding carboxylic acids is 4. The number of hydrogen-bond donors (Lipinski definition) is 4. The highest BCUT2D eigenvalue weighted by Gasteiger charge is 2.14. The number of nitrogens with one attached hydrogen (secondary N) is 4. The summed E-state index contributed by atoms with van der Waals surface area (Å²) in [7, 11) is 0. The van der Waals surface area contributed by atoms with Gasteiger partial charge in [0.25, 0.3) is 23.6 Å². The van der Waals surface area contributed by atoms with Crippen molar-refractivity contribution in [1.29, 1.82) is 0 Å². The van der Waals surface area contributed by atoms with Gasteiger partial charge in [0.05, 0.1) is 25.5 Å². The summed E-state index contributed by atoms with van der Waals surface area (Å²) in [6, 6.07) is 22.6. The standard InChI is InChI=1S/C25H23N7O4/c33-22(31-28-14-18-8-3-1-4-9-18)16-26-24(35)20-12-7-13-21(30-20)25(36)27-17-23(34)32-29-15-19-10-5-2-6-11-19/h1-15H,16-17H2,(H,26,35)(H,27,36)(H,31,33)(H,32,34)/b28-14+,29-15+. The van der Waals surface area contributed by atoms with Crippen LogP contribution >= 0.6 is 0 Å². The molecule has 11 nitrogen and oxygen atoms in total. The Labute approximate surface area is 206 Å². The molecular weight excluding hydrogens is 462 g/mol. The zero-order valence-electron chi connectivity index (χ0n) is 19.0. The Bertz CT molecular complexity index is 1170. The van der Waals surface area contributed by atoms with Crippen molar-refractivity contribution in [3.05, 3.63) is 101 Å². The van der Waals surface area contributed by atoms with Crippen molar-refractivity contribution in [3.63, 3.8) is 0 Å². The van der Waals surface area contributed by atoms with Crippen molar-refractivity contribution in [1.82, 2.24) is 26.5 Å². The second kappa shape index (κ2) is 13.5. The second-order valence-corrected chi connectivity index (χ2v) is 7.18. The monoisotopic (exact) mass is 485 g/mol. The van der Waals surface area contributed by atoms with Crippen LogP contribution in [0.4, 0.5) is 0 Å². The Morgan fingerprint density at radius 3 is 1.44 bits per heavy atom. The van der Waals surface area contributed by atoms with E-state index in [0.29, 0.717) is 0 Å². The fourth-order valence-electron chi connectivity index (χ4n) is 2.70. The second-order valence-electron chi connectivity index (χ2n) is 7.18. The number of carbonyl (C=O) groups is 4. The van der Waals surface area contributed by atoms with E-state index in [2.05, 4.69) is 36.7 Å². The highest BCUT2D eigenvalue weighted by molar-refractivity contribution is 5.98. The van der Waals surface area contributed by atoms with E-state index in [-0.39, 0.29) is 24.5 Å². The molecule has 0 bridgehead atoms. The third-order valence-corrected chi connectivity index (χ3v) is 4.44. The number of hydrazone groups is 2. The van der Waals surface area contributed by atoms with Crippen LogP contribution < -0.4 is 21.5 Å². The first-order valence-corrected chi connectivity index (χ1v) is 10.8. The Kier molecular flexibility index (Phi) is 9.54. The van der Waals surface area contributed by atoms with Crippen molar-refractivity contribution in [2.45, 2.75) is 0 Å². The van der Waals surface area contributed by atoms with Gasteiger partial charge in [0.15, 0.2) is 0 Å². The Balaban J connectivity index is 1.42. The molecule has 3 rings (SSSR count). The topological polar surface area (TPSA) is 154 Å². The van der Waals surface area contributed by atoms with Gasteiger partial charge >= 0.3 is 0 Å². The molecule has 0 unspecified atom stereocenters. The van der Waals surface area contributed by atoms with Gasteiger partial charge < -0.3 is 10.6 Å². The first-order valence-electron chi connectivity index (χ1n) is 10.8. The lowest BCUT2D eigenvalue weighted by Crippen LogP contribution is -2.36. The van der Waals surface area contributed by atoms with Gasteiger partial charge in [0.2, 0.25) is 0 Å². The van der Waals surface area contributed by atoms with Gasteiger partial charge in [-0.05, 0) is 23.3 Å². The van der Waals surface area contributed by atoms with Crippen LogP contribution in [-0.4, -0.2) is 54.1 Å². The molecule has 0 saturated carbocycles. The number of pyridine rings is 1. The summed E-state index contributed by atoms with van der Waals surface area (Å²) in [6.07, 6.45) is 2.94. The van der Waals surface area contributed by atoms with Crippen LogP contribution in [0.25, 0.3) is 0 Å². The maximum Gasteiger partial charge on any atom is 0.270 e. The lowest BCUT2D eigenvalue weighted by atomic mass is 10.2. The van der Waals surface area contributed by atoms with E-state index in [1.54, 1.807) is 0 Å². The lowest BCUT2D eigenvalue weighted by molar-refractivity contribution is -0.120. The van der Waals surface area contributed by atoms with Gasteiger partial charge in [-0.25, -0.2) is 15.8 Å². The lowest BCUT2D eigenvalue weighted by Gasteiger charge is -2.06. The smallest absolute Gasteiger partial charge is 0.270 e. The summed E-state index contributed by atoms with van der Waals surface area (Å²) in [5.74, 6) is -2.38. The molecule has 1 heterocycles. The number of hydrogen-bond acceptors (Lipinski definition) is 7. The summed E-state index contributed by atoms with van der Waals surface area (Å²) in [5, 5.41) is 12.4. The van der Waals surface area contributed by atoms with Gasteiger partial charge in [0.1, 0.15) is 11.4 Å². The Morgan fingerprint density at radius 1 is 0.611 bits per heavy atom. The summed E-state index contributed by atoms with van der Waals surface area (Å²) in [5.41, 5.74) is 6.07. The van der Waals surface area contributed by atoms with Crippen molar-refractivity contribution in [2.75, 3.05) is 13.1 Å². The van der Waals surface area contributed by atoms with Gasteiger partial charge in [-0.2, -0.15) is 10.2 Å². The molecule has 0 spiro atoms. The van der Waals surface area contributed by atoms with Crippen LogP contribution in [0.5, 0.6) is 0 Å². The van der Waals surface area contributed by atoms with Crippen LogP contribution in [0, 0.1) is 0 Å². The van der Waals surface area contributed by atoms with E-state index in [1.807, 2.05) is 60.7 Å². The van der Waals surface area contributed by atoms with E-state index in [4.69, 9.17) is 0 Å². The van der Waals surface area contributed by atoms with Crippen molar-refractivity contribution in [3.8, 4) is 0 Å². The SMILES string of the molecule is O=C(CNC(=O)c1cccc(C(=O)NCC(=O)N/N=C/c2ccccc2)n1)N/N=C/c1ccccc1. The average molecular weight is 486 g/mol. The molecule has 182 valence electrons. The van der Waals surface area contributed by atoms with E-state index in [9.17, 15) is 19.2 Å². The molecule has 36 heavy (non-hydrogen) atoms. The molecule has 0 saturated heterocycles. The van der Waals surface area contributed by atoms with E-state index in [0.717, 1.165) is 11.1 Å². The molecule has 0 atom stereocenters. The van der Waals surface area contributed by atoms with Crippen molar-refractivity contribution >= 4 is 36.1 Å². The number of rotatable bonds is 10. The maximum atomic E-state index is 12.3. The third kappa shape index (κ3) is 8.63. The molecule has 4 N–H and O–H groups in total. The van der Waals surface area contributed by atoms with Gasteiger partial charge in [-0.1, -0.05) is 66.7 Å². The maximum absolute atomic E-state index is 12.3. The Morgan fingerprint density at radius 2 is 1.03 bits per heavy atom. The number of nitrogens with zero attached hydrogens (tertiary/aromatic N) is 3. The molecule has 11 heteroatoms. The minimum absolute atomic E-state index is 0.0693. The first-order chi connectivity index (χ1) is 17.5. The van der Waals surface area contributed by atoms with Crippen LogP contribution in [0.15, 0.2) is 89.1 Å². The predicted molar refractivity (Wildman–Crippen MR) is 133 cm³/mol. The molecule has 1 aromatic heterocycles. The van der Waals surface area contributed by atoms with Crippen LogP contribution in [0.3, 0.4) is 0 Å². The van der Waals surface area contributed by atoms with Gasteiger partial charge in [-0.3, -0.25) is 19.2 Å². The van der Waals surface area contributed by atoms with Crippen molar-refractivity contribution in [2.24, 2.45) is 10.2 Å². The largest absolute Gasteiger partial charge is 0.342 e. The zero-order valence-corrected chi connectivity index (χ0v) is 19.0. The van der Waals surface area contributed by atoms with E-state index < -0.39 is 23.6 Å². The van der Waals surface area contributed by atoms with Gasteiger partial charge in [0, 0.05) is 0 Å². The molecule has 2 aromatic carbocycles. The van der Waals surface area contributed by atoms with E-state index in [1.165, 1.54) is 30.6 Å². The molecule has 4 amide bonds. The fourth-order valence-corrected chi connectivity index (χ4v) is 2.70. The fraction of sp³-hybridized carbons (Fsp3) is 0.0800. The summed E-state index contributed by atoms with van der Waals surface area (Å²) < 4.78 is 0. The molecule has 0 fully saturated rings. The highest BCUT2D eigenvalue weighted by Crippen LogP contribution is 2.00. The average Bonchev–Trinajstić information content (AvgIpc) is 2.91. The number of aromatic nitrogens is 1.